The van der Waals surface area contributed by atoms with Crippen LogP contribution in [0.15, 0.2) is 36.4 Å². The van der Waals surface area contributed by atoms with Crippen LogP contribution in [-0.4, -0.2) is 10.9 Å². The average molecular weight is 358 g/mol. The van der Waals surface area contributed by atoms with Gasteiger partial charge in [0.25, 0.3) is 5.91 Å². The van der Waals surface area contributed by atoms with Gasteiger partial charge in [0.15, 0.2) is 5.13 Å². The maximum absolute atomic E-state index is 13.6. The summed E-state index contributed by atoms with van der Waals surface area (Å²) in [5.74, 6) is -2.48. The molecule has 0 atom stereocenters. The molecule has 1 amide bonds. The number of alkyl halides is 3. The van der Waals surface area contributed by atoms with E-state index in [9.17, 15) is 26.7 Å². The van der Waals surface area contributed by atoms with E-state index in [1.807, 2.05) is 0 Å². The van der Waals surface area contributed by atoms with Crippen molar-refractivity contribution in [1.82, 2.24) is 4.98 Å². The molecular weight excluding hydrogens is 351 g/mol. The van der Waals surface area contributed by atoms with Crippen molar-refractivity contribution >= 4 is 32.6 Å². The molecule has 1 N–H and O–H groups in total. The molecule has 0 aliphatic carbocycles. The third-order valence-corrected chi connectivity index (χ3v) is 4.08. The molecule has 1 aromatic heterocycles. The van der Waals surface area contributed by atoms with Gasteiger partial charge in [0.05, 0.1) is 15.8 Å². The summed E-state index contributed by atoms with van der Waals surface area (Å²) in [6, 6.07) is 5.52. The van der Waals surface area contributed by atoms with Gasteiger partial charge in [-0.15, -0.1) is 0 Å². The Kier molecular flexibility index (Phi) is 3.96. The van der Waals surface area contributed by atoms with E-state index in [2.05, 4.69) is 10.3 Å². The molecule has 0 spiro atoms. The van der Waals surface area contributed by atoms with Crippen LogP contribution in [0.5, 0.6) is 0 Å². The second-order valence-corrected chi connectivity index (χ2v) is 5.79. The molecule has 0 radical (unpaired) electrons. The molecule has 0 saturated heterocycles. The van der Waals surface area contributed by atoms with Gasteiger partial charge in [-0.3, -0.25) is 10.1 Å². The molecule has 0 saturated carbocycles. The van der Waals surface area contributed by atoms with E-state index in [0.29, 0.717) is 12.1 Å². The Morgan fingerprint density at radius 1 is 1.12 bits per heavy atom. The molecular formula is C15H7F5N2OS. The number of carbonyl (C=O) groups excluding carboxylic acids is 1. The molecule has 124 valence electrons. The number of rotatable bonds is 2. The highest BCUT2D eigenvalue weighted by atomic mass is 32.1. The quantitative estimate of drug-likeness (QED) is 0.666. The Morgan fingerprint density at radius 3 is 2.58 bits per heavy atom. The molecule has 0 aliphatic heterocycles. The van der Waals surface area contributed by atoms with Crippen LogP contribution in [0.3, 0.4) is 0 Å². The highest BCUT2D eigenvalue weighted by molar-refractivity contribution is 7.22. The van der Waals surface area contributed by atoms with E-state index in [-0.39, 0.29) is 20.9 Å². The minimum Gasteiger partial charge on any atom is -0.298 e. The third kappa shape index (κ3) is 3.21. The number of halogens is 5. The summed E-state index contributed by atoms with van der Waals surface area (Å²) in [6.07, 6.45) is -4.58. The molecule has 3 rings (SSSR count). The molecule has 24 heavy (non-hydrogen) atoms. The van der Waals surface area contributed by atoms with Crippen molar-refractivity contribution in [3.05, 3.63) is 59.2 Å². The highest BCUT2D eigenvalue weighted by Gasteiger charge is 2.31. The van der Waals surface area contributed by atoms with Crippen LogP contribution in [0.4, 0.5) is 27.1 Å². The lowest BCUT2D eigenvalue weighted by Crippen LogP contribution is -2.13. The number of hydrogen-bond donors (Lipinski definition) is 1. The number of amides is 1. The fourth-order valence-corrected chi connectivity index (χ4v) is 2.87. The number of anilines is 1. The molecule has 0 bridgehead atoms. The summed E-state index contributed by atoms with van der Waals surface area (Å²) in [6.45, 7) is 0. The Morgan fingerprint density at radius 2 is 1.88 bits per heavy atom. The zero-order valence-corrected chi connectivity index (χ0v) is 12.4. The van der Waals surface area contributed by atoms with E-state index in [0.717, 1.165) is 29.5 Å². The van der Waals surface area contributed by atoms with E-state index in [4.69, 9.17) is 0 Å². The van der Waals surface area contributed by atoms with Crippen LogP contribution in [0, 0.1) is 11.6 Å². The van der Waals surface area contributed by atoms with Crippen molar-refractivity contribution in [2.45, 2.75) is 6.18 Å². The van der Waals surface area contributed by atoms with Crippen molar-refractivity contribution in [1.29, 1.82) is 0 Å². The van der Waals surface area contributed by atoms with Crippen molar-refractivity contribution in [2.75, 3.05) is 5.32 Å². The van der Waals surface area contributed by atoms with Crippen molar-refractivity contribution < 1.29 is 26.7 Å². The van der Waals surface area contributed by atoms with E-state index < -0.39 is 29.3 Å². The van der Waals surface area contributed by atoms with Crippen LogP contribution < -0.4 is 5.32 Å². The standard InChI is InChI=1S/C15H7F5N2OS/c16-9-5-10(17)12-11(6-9)21-14(24-12)22-13(23)7-2-1-3-8(4-7)15(18,19)20/h1-6H,(H,21,22,23). The van der Waals surface area contributed by atoms with Gasteiger partial charge in [0, 0.05) is 17.7 Å². The number of fused-ring (bicyclic) bond motifs is 1. The fourth-order valence-electron chi connectivity index (χ4n) is 2.02. The first-order valence-electron chi connectivity index (χ1n) is 6.48. The Balaban J connectivity index is 1.89. The summed E-state index contributed by atoms with van der Waals surface area (Å²) in [5.41, 5.74) is -1.18. The summed E-state index contributed by atoms with van der Waals surface area (Å²) < 4.78 is 64.7. The maximum atomic E-state index is 13.6. The first-order valence-corrected chi connectivity index (χ1v) is 7.30. The number of nitrogens with one attached hydrogen (secondary N) is 1. The lowest BCUT2D eigenvalue weighted by Gasteiger charge is -2.08. The number of hydrogen-bond acceptors (Lipinski definition) is 3. The van der Waals surface area contributed by atoms with E-state index in [1.165, 1.54) is 6.07 Å². The second-order valence-electron chi connectivity index (χ2n) is 4.79. The van der Waals surface area contributed by atoms with Gasteiger partial charge in [0.2, 0.25) is 0 Å². The molecule has 2 aromatic carbocycles. The SMILES string of the molecule is O=C(Nc1nc2cc(F)cc(F)c2s1)c1cccc(C(F)(F)F)c1. The number of aromatic nitrogens is 1. The van der Waals surface area contributed by atoms with Gasteiger partial charge < -0.3 is 0 Å². The molecule has 3 nitrogen and oxygen atoms in total. The van der Waals surface area contributed by atoms with Crippen LogP contribution in [0.1, 0.15) is 15.9 Å². The summed E-state index contributed by atoms with van der Waals surface area (Å²) in [5, 5.41) is 2.24. The molecule has 9 heteroatoms. The number of carbonyl (C=O) groups is 1. The van der Waals surface area contributed by atoms with Crippen LogP contribution in [-0.2, 0) is 6.18 Å². The van der Waals surface area contributed by atoms with Crippen LogP contribution in [0.2, 0.25) is 0 Å². The van der Waals surface area contributed by atoms with E-state index >= 15 is 0 Å². The van der Waals surface area contributed by atoms with E-state index in [1.54, 1.807) is 0 Å². The van der Waals surface area contributed by atoms with Crippen molar-refractivity contribution in [2.24, 2.45) is 0 Å². The normalized spacial score (nSPS) is 11.7. The topological polar surface area (TPSA) is 42.0 Å². The number of thiazole rings is 1. The molecule has 0 aliphatic rings. The molecule has 0 unspecified atom stereocenters. The number of nitrogens with zero attached hydrogens (tertiary/aromatic N) is 1. The molecule has 0 fully saturated rings. The predicted molar refractivity (Wildman–Crippen MR) is 78.9 cm³/mol. The van der Waals surface area contributed by atoms with Crippen LogP contribution >= 0.6 is 11.3 Å². The third-order valence-electron chi connectivity index (χ3n) is 3.08. The van der Waals surface area contributed by atoms with Gasteiger partial charge in [-0.25, -0.2) is 13.8 Å². The van der Waals surface area contributed by atoms with Gasteiger partial charge in [-0.2, -0.15) is 13.2 Å². The minimum absolute atomic E-state index is 0.0110. The monoisotopic (exact) mass is 358 g/mol. The maximum Gasteiger partial charge on any atom is 0.416 e. The Bertz CT molecular complexity index is 935. The average Bonchev–Trinajstić information content (AvgIpc) is 2.89. The minimum atomic E-state index is -4.58. The first-order chi connectivity index (χ1) is 11.2. The van der Waals surface area contributed by atoms with Crippen LogP contribution in [0.25, 0.3) is 10.2 Å². The summed E-state index contributed by atoms with van der Waals surface area (Å²) in [7, 11) is 0. The summed E-state index contributed by atoms with van der Waals surface area (Å²) >= 11 is 0.758. The lowest BCUT2D eigenvalue weighted by atomic mass is 10.1. The number of benzene rings is 2. The predicted octanol–water partition coefficient (Wildman–Crippen LogP) is 4.85. The van der Waals surface area contributed by atoms with Gasteiger partial charge >= 0.3 is 6.18 Å². The zero-order chi connectivity index (χ0) is 17.5. The van der Waals surface area contributed by atoms with Gasteiger partial charge in [-0.05, 0) is 18.2 Å². The largest absolute Gasteiger partial charge is 0.416 e. The second kappa shape index (κ2) is 5.82. The van der Waals surface area contributed by atoms with Crippen molar-refractivity contribution in [3.8, 4) is 0 Å². The highest BCUT2D eigenvalue weighted by Crippen LogP contribution is 2.31. The van der Waals surface area contributed by atoms with Crippen molar-refractivity contribution in [3.63, 3.8) is 0 Å². The first kappa shape index (κ1) is 16.3. The smallest absolute Gasteiger partial charge is 0.298 e. The fraction of sp³-hybridized carbons (Fsp3) is 0.0667. The van der Waals surface area contributed by atoms with Gasteiger partial charge in [0.1, 0.15) is 11.6 Å². The Labute approximate surface area is 135 Å². The molecule has 3 aromatic rings. The Hall–Kier alpha value is -2.55. The molecule has 1 heterocycles. The lowest BCUT2D eigenvalue weighted by molar-refractivity contribution is -0.137. The van der Waals surface area contributed by atoms with Gasteiger partial charge in [-0.1, -0.05) is 17.4 Å². The zero-order valence-electron chi connectivity index (χ0n) is 11.6. The summed E-state index contributed by atoms with van der Waals surface area (Å²) in [4.78, 5) is 15.9.